The molecule has 2 heterocycles. The van der Waals surface area contributed by atoms with Gasteiger partial charge in [0.05, 0.1) is 17.6 Å². The number of carbonyl (C=O) groups is 5. The molecule has 1 fully saturated rings. The third kappa shape index (κ3) is 8.64. The van der Waals surface area contributed by atoms with Crippen LogP contribution in [-0.4, -0.2) is 73.8 Å². The Hall–Kier alpha value is -5.44. The van der Waals surface area contributed by atoms with Crippen LogP contribution in [0.4, 0.5) is 0 Å². The average molecular weight is 657 g/mol. The molecule has 0 amide bonds. The summed E-state index contributed by atoms with van der Waals surface area (Å²) < 4.78 is 49.8. The Kier molecular flexibility index (Phi) is 11.2. The van der Waals surface area contributed by atoms with Gasteiger partial charge in [-0.1, -0.05) is 18.2 Å². The molecular formula is C32H32O15. The van der Waals surface area contributed by atoms with E-state index in [1.54, 1.807) is 25.1 Å². The van der Waals surface area contributed by atoms with Gasteiger partial charge >= 0.3 is 35.5 Å². The van der Waals surface area contributed by atoms with Gasteiger partial charge in [-0.2, -0.15) is 0 Å². The summed E-state index contributed by atoms with van der Waals surface area (Å²) in [4.78, 5) is 73.5. The maximum atomic E-state index is 13.0. The van der Waals surface area contributed by atoms with E-state index in [0.29, 0.717) is 0 Å². The fourth-order valence-corrected chi connectivity index (χ4v) is 4.73. The van der Waals surface area contributed by atoms with Crippen molar-refractivity contribution in [3.8, 4) is 17.2 Å². The second kappa shape index (κ2) is 15.2. The molecule has 0 unspecified atom stereocenters. The Morgan fingerprint density at radius 3 is 2.02 bits per heavy atom. The van der Waals surface area contributed by atoms with Gasteiger partial charge in [0.25, 0.3) is 5.75 Å². The van der Waals surface area contributed by atoms with E-state index in [0.717, 1.165) is 27.7 Å². The lowest BCUT2D eigenvalue weighted by Crippen LogP contribution is -2.63. The van der Waals surface area contributed by atoms with E-state index in [1.807, 2.05) is 0 Å². The van der Waals surface area contributed by atoms with Crippen LogP contribution in [0.5, 0.6) is 17.2 Å². The van der Waals surface area contributed by atoms with E-state index >= 15 is 0 Å². The maximum absolute atomic E-state index is 13.0. The normalized spacial score (nSPS) is 20.4. The summed E-state index contributed by atoms with van der Waals surface area (Å²) in [6.45, 7) is 5.76. The van der Waals surface area contributed by atoms with Crippen molar-refractivity contribution in [1.29, 1.82) is 0 Å². The molecule has 0 aliphatic carbocycles. The highest BCUT2D eigenvalue weighted by atomic mass is 16.7. The molecule has 0 N–H and O–H groups in total. The van der Waals surface area contributed by atoms with Crippen LogP contribution in [0.1, 0.15) is 45.0 Å². The number of benzene rings is 2. The van der Waals surface area contributed by atoms with Crippen molar-refractivity contribution in [2.75, 3.05) is 13.2 Å². The molecule has 5 atom stereocenters. The van der Waals surface area contributed by atoms with Gasteiger partial charge in [0.15, 0.2) is 18.0 Å². The highest BCUT2D eigenvalue weighted by Gasteiger charge is 2.53. The molecule has 3 aromatic rings. The number of fused-ring (bicyclic) bond motifs is 1. The fraction of sp³-hybridized carbons (Fsp3) is 0.375. The number of carbonyl (C=O) groups excluding carboxylic acids is 5. The van der Waals surface area contributed by atoms with Crippen molar-refractivity contribution in [2.24, 2.45) is 0 Å². The predicted octanol–water partition coefficient (Wildman–Crippen LogP) is 2.87. The minimum atomic E-state index is -1.53. The van der Waals surface area contributed by atoms with Crippen molar-refractivity contribution in [2.45, 2.75) is 65.3 Å². The van der Waals surface area contributed by atoms with Crippen LogP contribution in [0.3, 0.4) is 0 Å². The summed E-state index contributed by atoms with van der Waals surface area (Å²) in [5.41, 5.74) is -0.862. The van der Waals surface area contributed by atoms with Crippen molar-refractivity contribution in [3.05, 3.63) is 64.5 Å². The van der Waals surface area contributed by atoms with Gasteiger partial charge < -0.3 is 42.3 Å². The third-order valence-electron chi connectivity index (χ3n) is 6.49. The summed E-state index contributed by atoms with van der Waals surface area (Å²) in [6, 6.07) is 12.2. The second-order valence-corrected chi connectivity index (χ2v) is 10.1. The molecule has 15 heteroatoms. The largest absolute Gasteiger partial charge is 0.489 e. The van der Waals surface area contributed by atoms with Crippen LogP contribution in [0.15, 0.2) is 57.7 Å². The molecule has 4 rings (SSSR count). The first-order valence-corrected chi connectivity index (χ1v) is 14.4. The van der Waals surface area contributed by atoms with Gasteiger partial charge in [-0.3, -0.25) is 19.2 Å². The maximum Gasteiger partial charge on any atom is 0.383 e. The molecule has 250 valence electrons. The van der Waals surface area contributed by atoms with Crippen LogP contribution in [0, 0.1) is 0 Å². The summed E-state index contributed by atoms with van der Waals surface area (Å²) in [7, 11) is 0. The monoisotopic (exact) mass is 656 g/mol. The Bertz CT molecular complexity index is 1700. The average Bonchev–Trinajstić information content (AvgIpc) is 3.00. The fourth-order valence-electron chi connectivity index (χ4n) is 4.73. The minimum absolute atomic E-state index is 0.0121. The number of esters is 5. The quantitative estimate of drug-likeness (QED) is 0.166. The Labute approximate surface area is 267 Å². The Balaban J connectivity index is 1.72. The van der Waals surface area contributed by atoms with Crippen LogP contribution in [0.25, 0.3) is 11.0 Å². The van der Waals surface area contributed by atoms with E-state index in [1.165, 1.54) is 30.3 Å². The first-order valence-electron chi connectivity index (χ1n) is 14.4. The van der Waals surface area contributed by atoms with Crippen molar-refractivity contribution >= 4 is 40.8 Å². The van der Waals surface area contributed by atoms with E-state index in [2.05, 4.69) is 0 Å². The van der Waals surface area contributed by atoms with Gasteiger partial charge in [0.2, 0.25) is 12.4 Å². The van der Waals surface area contributed by atoms with Gasteiger partial charge in [0, 0.05) is 33.8 Å². The Morgan fingerprint density at radius 1 is 0.766 bits per heavy atom. The summed E-state index contributed by atoms with van der Waals surface area (Å²) in [5, 5.41) is 0.246. The number of hydrogen-bond donors (Lipinski definition) is 0. The Morgan fingerprint density at radius 2 is 1.40 bits per heavy atom. The van der Waals surface area contributed by atoms with Crippen molar-refractivity contribution in [1.82, 2.24) is 0 Å². The lowest BCUT2D eigenvalue weighted by atomic mass is 9.98. The van der Waals surface area contributed by atoms with Crippen LogP contribution in [0.2, 0.25) is 0 Å². The molecule has 1 aromatic heterocycles. The number of ether oxygens (including phenoxy) is 8. The third-order valence-corrected chi connectivity index (χ3v) is 6.49. The SMILES string of the molecule is CCOc1c(OC(=O)c2ccccc2)c(=O)oc2cc(O[C@H]3O[C@H](COC(C)=O)[C@@H](OC(C)=O)[C@H](OC(C)=O)[C@@H]3OC(C)=O)ccc12. The van der Waals surface area contributed by atoms with Crippen LogP contribution < -0.4 is 19.8 Å². The molecule has 0 bridgehead atoms. The second-order valence-electron chi connectivity index (χ2n) is 10.1. The van der Waals surface area contributed by atoms with Gasteiger partial charge in [0.1, 0.15) is 24.0 Å². The predicted molar refractivity (Wildman–Crippen MR) is 158 cm³/mol. The zero-order valence-electron chi connectivity index (χ0n) is 26.0. The summed E-state index contributed by atoms with van der Waals surface area (Å²) in [5.74, 6) is -4.39. The topological polar surface area (TPSA) is 189 Å². The summed E-state index contributed by atoms with van der Waals surface area (Å²) >= 11 is 0. The zero-order valence-corrected chi connectivity index (χ0v) is 26.0. The van der Waals surface area contributed by atoms with Gasteiger partial charge in [-0.25, -0.2) is 9.59 Å². The van der Waals surface area contributed by atoms with E-state index in [4.69, 9.17) is 42.3 Å². The van der Waals surface area contributed by atoms with E-state index < -0.39 is 78.5 Å². The first-order chi connectivity index (χ1) is 22.4. The van der Waals surface area contributed by atoms with Gasteiger partial charge in [-0.15, -0.1) is 0 Å². The highest BCUT2D eigenvalue weighted by molar-refractivity contribution is 5.93. The minimum Gasteiger partial charge on any atom is -0.489 e. The number of rotatable bonds is 11. The lowest BCUT2D eigenvalue weighted by Gasteiger charge is -2.43. The zero-order chi connectivity index (χ0) is 34.2. The molecule has 1 aliphatic rings. The smallest absolute Gasteiger partial charge is 0.383 e. The molecular weight excluding hydrogens is 624 g/mol. The van der Waals surface area contributed by atoms with E-state index in [-0.39, 0.29) is 34.6 Å². The molecule has 0 spiro atoms. The number of hydrogen-bond acceptors (Lipinski definition) is 15. The van der Waals surface area contributed by atoms with Crippen LogP contribution in [-0.2, 0) is 42.9 Å². The molecule has 15 nitrogen and oxygen atoms in total. The summed E-state index contributed by atoms with van der Waals surface area (Å²) in [6.07, 6.45) is -7.09. The van der Waals surface area contributed by atoms with Crippen molar-refractivity contribution < 1.29 is 66.3 Å². The standard InChI is InChI=1S/C32H32O15/c1-6-39-25-22-13-12-21(14-23(22)45-31(38)28(25)47-30(37)20-10-8-7-9-11-20)44-32-29(43-19(5)36)27(42-18(4)35)26(41-17(3)34)24(46-32)15-40-16(2)33/h7-14,24,26-27,29,32H,6,15H2,1-5H3/t24-,26-,27+,29+,32+/m1/s1. The molecule has 47 heavy (non-hydrogen) atoms. The molecule has 0 saturated carbocycles. The first kappa shape index (κ1) is 34.4. The molecule has 2 aromatic carbocycles. The van der Waals surface area contributed by atoms with Crippen LogP contribution >= 0.6 is 0 Å². The van der Waals surface area contributed by atoms with E-state index in [9.17, 15) is 28.8 Å². The molecule has 1 saturated heterocycles. The molecule has 1 aliphatic heterocycles. The molecule has 0 radical (unpaired) electrons. The lowest BCUT2D eigenvalue weighted by molar-refractivity contribution is -0.288. The highest BCUT2D eigenvalue weighted by Crippen LogP contribution is 2.36. The van der Waals surface area contributed by atoms with Crippen molar-refractivity contribution in [3.63, 3.8) is 0 Å². The van der Waals surface area contributed by atoms with Gasteiger partial charge in [-0.05, 0) is 31.2 Å².